The van der Waals surface area contributed by atoms with E-state index in [-0.39, 0.29) is 12.9 Å². The molecule has 0 N–H and O–H groups in total. The third kappa shape index (κ3) is 6.31. The highest BCUT2D eigenvalue weighted by molar-refractivity contribution is 5.55. The molecule has 1 atom stereocenters. The van der Waals surface area contributed by atoms with Crippen LogP contribution in [-0.4, -0.2) is 26.3 Å². The first-order valence-electron chi connectivity index (χ1n) is 4.41. The molecule has 0 rings (SSSR count). The van der Waals surface area contributed by atoms with E-state index in [0.29, 0.717) is 0 Å². The van der Waals surface area contributed by atoms with Crippen molar-refractivity contribution in [1.29, 1.82) is 0 Å². The first-order chi connectivity index (χ1) is 5.85. The highest BCUT2D eigenvalue weighted by Gasteiger charge is 2.05. The summed E-state index contributed by atoms with van der Waals surface area (Å²) in [4.78, 5) is 10.4. The minimum Gasteiger partial charge on any atom is -0.359 e. The van der Waals surface area contributed by atoms with Crippen LogP contribution in [0.3, 0.4) is 0 Å². The topological polar surface area (TPSA) is 35.5 Å². The van der Waals surface area contributed by atoms with Crippen molar-refractivity contribution in [3.63, 3.8) is 0 Å². The summed E-state index contributed by atoms with van der Waals surface area (Å²) in [6, 6.07) is 0. The van der Waals surface area contributed by atoms with Crippen LogP contribution in [0.1, 0.15) is 32.6 Å². The van der Waals surface area contributed by atoms with E-state index < -0.39 is 0 Å². The van der Waals surface area contributed by atoms with E-state index in [0.717, 1.165) is 32.0 Å². The molecule has 3 heteroatoms. The lowest BCUT2D eigenvalue weighted by molar-refractivity contribution is -0.128. The van der Waals surface area contributed by atoms with Crippen LogP contribution in [0, 0.1) is 0 Å². The Morgan fingerprint density at radius 3 is 2.67 bits per heavy atom. The number of carbonyl (C=O) groups is 1. The summed E-state index contributed by atoms with van der Waals surface area (Å²) >= 11 is 0. The van der Waals surface area contributed by atoms with Gasteiger partial charge >= 0.3 is 0 Å². The minimum absolute atomic E-state index is 0.204. The molecule has 0 aliphatic rings. The molecule has 0 aliphatic carbocycles. The molecule has 0 aromatic carbocycles. The first kappa shape index (κ1) is 11.6. The fourth-order valence-corrected chi connectivity index (χ4v) is 0.942. The lowest BCUT2D eigenvalue weighted by atomic mass is 10.1. The zero-order valence-corrected chi connectivity index (χ0v) is 7.91. The van der Waals surface area contributed by atoms with Gasteiger partial charge in [0.1, 0.15) is 19.2 Å². The van der Waals surface area contributed by atoms with Crippen LogP contribution in [0.4, 0.5) is 0 Å². The number of hydrogen-bond donors (Lipinski definition) is 0. The Bertz CT molecular complexity index is 104. The van der Waals surface area contributed by atoms with E-state index in [1.165, 1.54) is 0 Å². The summed E-state index contributed by atoms with van der Waals surface area (Å²) in [5, 5.41) is 0. The maximum atomic E-state index is 10.4. The number of carbonyl (C=O) groups excluding carboxylic acids is 1. The minimum atomic E-state index is -0.281. The van der Waals surface area contributed by atoms with Gasteiger partial charge in [-0.15, -0.1) is 0 Å². The molecule has 72 valence electrons. The molecule has 0 amide bonds. The first-order valence-corrected chi connectivity index (χ1v) is 4.41. The van der Waals surface area contributed by atoms with Crippen LogP contribution >= 0.6 is 0 Å². The molecule has 0 radical (unpaired) electrons. The molecule has 0 unspecified atom stereocenters. The van der Waals surface area contributed by atoms with Gasteiger partial charge in [-0.1, -0.05) is 26.2 Å². The van der Waals surface area contributed by atoms with Crippen molar-refractivity contribution >= 4 is 6.29 Å². The van der Waals surface area contributed by atoms with Crippen molar-refractivity contribution in [3.8, 4) is 0 Å². The van der Waals surface area contributed by atoms with E-state index in [2.05, 4.69) is 6.92 Å². The number of hydrogen-bond acceptors (Lipinski definition) is 3. The van der Waals surface area contributed by atoms with Crippen molar-refractivity contribution < 1.29 is 14.3 Å². The van der Waals surface area contributed by atoms with Crippen molar-refractivity contribution in [2.45, 2.75) is 38.7 Å². The van der Waals surface area contributed by atoms with Gasteiger partial charge in [-0.25, -0.2) is 0 Å². The van der Waals surface area contributed by atoms with E-state index in [9.17, 15) is 4.79 Å². The fraction of sp³-hybridized carbons (Fsp3) is 0.889. The zero-order chi connectivity index (χ0) is 9.23. The molecule has 3 nitrogen and oxygen atoms in total. The molecule has 0 aliphatic heterocycles. The average molecular weight is 174 g/mol. The molecular weight excluding hydrogens is 156 g/mol. The fourth-order valence-electron chi connectivity index (χ4n) is 0.942. The van der Waals surface area contributed by atoms with Gasteiger partial charge in [0.2, 0.25) is 0 Å². The molecule has 0 aromatic heterocycles. The standard InChI is InChI=1S/C9H18O3/c1-3-4-5-6-9(7-10)12-8-11-2/h7,9H,3-6,8H2,1-2H3/t9-/m0/s1. The van der Waals surface area contributed by atoms with E-state index >= 15 is 0 Å². The second-order valence-electron chi connectivity index (χ2n) is 2.74. The van der Waals surface area contributed by atoms with E-state index in [1.807, 2.05) is 0 Å². The van der Waals surface area contributed by atoms with Crippen molar-refractivity contribution in [3.05, 3.63) is 0 Å². The van der Waals surface area contributed by atoms with Gasteiger partial charge in [-0.3, -0.25) is 0 Å². The maximum Gasteiger partial charge on any atom is 0.148 e. The van der Waals surface area contributed by atoms with Crippen molar-refractivity contribution in [1.82, 2.24) is 0 Å². The normalized spacial score (nSPS) is 12.8. The van der Waals surface area contributed by atoms with Crippen LogP contribution in [0.2, 0.25) is 0 Å². The molecule has 0 heterocycles. The molecule has 0 bridgehead atoms. The number of rotatable bonds is 8. The van der Waals surface area contributed by atoms with Crippen molar-refractivity contribution in [2.24, 2.45) is 0 Å². The van der Waals surface area contributed by atoms with Gasteiger partial charge in [-0.05, 0) is 6.42 Å². The van der Waals surface area contributed by atoms with Crippen LogP contribution < -0.4 is 0 Å². The van der Waals surface area contributed by atoms with E-state index in [1.54, 1.807) is 7.11 Å². The largest absolute Gasteiger partial charge is 0.359 e. The van der Waals surface area contributed by atoms with Gasteiger partial charge in [-0.2, -0.15) is 0 Å². The number of aldehydes is 1. The second-order valence-corrected chi connectivity index (χ2v) is 2.74. The second kappa shape index (κ2) is 8.68. The Labute approximate surface area is 74.0 Å². The number of unbranched alkanes of at least 4 members (excludes halogenated alkanes) is 2. The zero-order valence-electron chi connectivity index (χ0n) is 7.91. The Balaban J connectivity index is 3.32. The summed E-state index contributed by atoms with van der Waals surface area (Å²) in [6.07, 6.45) is 4.73. The third-order valence-corrected chi connectivity index (χ3v) is 1.64. The molecule has 0 saturated heterocycles. The Morgan fingerprint density at radius 1 is 1.42 bits per heavy atom. The van der Waals surface area contributed by atoms with Gasteiger partial charge in [0.05, 0.1) is 0 Å². The predicted molar refractivity (Wildman–Crippen MR) is 47.0 cm³/mol. The van der Waals surface area contributed by atoms with E-state index in [4.69, 9.17) is 9.47 Å². The van der Waals surface area contributed by atoms with Crippen LogP contribution in [0.5, 0.6) is 0 Å². The summed E-state index contributed by atoms with van der Waals surface area (Å²) in [5.41, 5.74) is 0. The number of ether oxygens (including phenoxy) is 2. The Hall–Kier alpha value is -0.410. The summed E-state index contributed by atoms with van der Waals surface area (Å²) in [6.45, 7) is 2.33. The quantitative estimate of drug-likeness (QED) is 0.319. The average Bonchev–Trinajstić information content (AvgIpc) is 2.11. The molecule has 12 heavy (non-hydrogen) atoms. The van der Waals surface area contributed by atoms with Crippen molar-refractivity contribution in [2.75, 3.05) is 13.9 Å². The lowest BCUT2D eigenvalue weighted by Gasteiger charge is -2.09. The van der Waals surface area contributed by atoms with Gasteiger partial charge in [0.25, 0.3) is 0 Å². The lowest BCUT2D eigenvalue weighted by Crippen LogP contribution is -2.15. The highest BCUT2D eigenvalue weighted by atomic mass is 16.7. The predicted octanol–water partition coefficient (Wildman–Crippen LogP) is 1.75. The van der Waals surface area contributed by atoms with Gasteiger partial charge in [0, 0.05) is 7.11 Å². The van der Waals surface area contributed by atoms with Crippen LogP contribution in [-0.2, 0) is 14.3 Å². The molecule has 0 spiro atoms. The SMILES string of the molecule is CCCCC[C@@H](C=O)OCOC. The van der Waals surface area contributed by atoms with Gasteiger partial charge in [0.15, 0.2) is 0 Å². The summed E-state index contributed by atoms with van der Waals surface area (Å²) < 4.78 is 9.80. The molecule has 0 aromatic rings. The smallest absolute Gasteiger partial charge is 0.148 e. The molecular formula is C9H18O3. The van der Waals surface area contributed by atoms with Crippen LogP contribution in [0.25, 0.3) is 0 Å². The maximum absolute atomic E-state index is 10.4. The number of methoxy groups -OCH3 is 1. The Kier molecular flexibility index (Phi) is 8.39. The summed E-state index contributed by atoms with van der Waals surface area (Å²) in [7, 11) is 1.55. The highest BCUT2D eigenvalue weighted by Crippen LogP contribution is 2.04. The molecule has 0 saturated carbocycles. The van der Waals surface area contributed by atoms with Crippen LogP contribution in [0.15, 0.2) is 0 Å². The summed E-state index contributed by atoms with van der Waals surface area (Å²) in [5.74, 6) is 0. The third-order valence-electron chi connectivity index (χ3n) is 1.64. The molecule has 0 fully saturated rings. The Morgan fingerprint density at radius 2 is 2.17 bits per heavy atom. The monoisotopic (exact) mass is 174 g/mol. The van der Waals surface area contributed by atoms with Gasteiger partial charge < -0.3 is 14.3 Å².